The first-order valence-electron chi connectivity index (χ1n) is 8.98. The highest BCUT2D eigenvalue weighted by Crippen LogP contribution is 2.41. The summed E-state index contributed by atoms with van der Waals surface area (Å²) in [4.78, 5) is 38.6. The van der Waals surface area contributed by atoms with Gasteiger partial charge in [-0.1, -0.05) is 24.3 Å². The van der Waals surface area contributed by atoms with Crippen molar-refractivity contribution in [2.24, 2.45) is 0 Å². The predicted molar refractivity (Wildman–Crippen MR) is 108 cm³/mol. The SMILES string of the molecule is Cc1cccc(N2C(=O)c3cccc4c(NCCO)c([N+](=O)[O-])cc(c34)C2=O)c1. The maximum atomic E-state index is 13.2. The number of hydrogen-bond donors (Lipinski definition) is 2. The number of nitrogens with zero attached hydrogens (tertiary/aromatic N) is 2. The predicted octanol–water partition coefficient (Wildman–Crippen LogP) is 3.26. The number of aryl methyl sites for hydroxylation is 1. The van der Waals surface area contributed by atoms with Crippen LogP contribution in [0.5, 0.6) is 0 Å². The molecule has 0 spiro atoms. The second-order valence-corrected chi connectivity index (χ2v) is 6.74. The van der Waals surface area contributed by atoms with Crippen molar-refractivity contribution in [2.45, 2.75) is 6.92 Å². The standard InChI is InChI=1S/C21H17N3O5/c1-12-4-2-5-13(10-12)23-20(26)15-7-3-6-14-18(15)16(21(23)27)11-17(24(28)29)19(14)22-8-9-25/h2-7,10-11,22,25H,8-9H2,1H3. The third-order valence-electron chi connectivity index (χ3n) is 4.88. The number of carbonyl (C=O) groups is 2. The minimum absolute atomic E-state index is 0.0941. The molecule has 0 radical (unpaired) electrons. The largest absolute Gasteiger partial charge is 0.395 e. The van der Waals surface area contributed by atoms with Gasteiger partial charge in [0.15, 0.2) is 0 Å². The number of nitrogens with one attached hydrogen (secondary N) is 1. The summed E-state index contributed by atoms with van der Waals surface area (Å²) in [6.45, 7) is 1.72. The summed E-state index contributed by atoms with van der Waals surface area (Å²) >= 11 is 0. The fraction of sp³-hybridized carbons (Fsp3) is 0.143. The van der Waals surface area contributed by atoms with E-state index in [-0.39, 0.29) is 30.1 Å². The topological polar surface area (TPSA) is 113 Å². The van der Waals surface area contributed by atoms with Crippen LogP contribution in [0.3, 0.4) is 0 Å². The fourth-order valence-electron chi connectivity index (χ4n) is 3.66. The molecule has 3 aromatic carbocycles. The summed E-state index contributed by atoms with van der Waals surface area (Å²) in [7, 11) is 0. The summed E-state index contributed by atoms with van der Waals surface area (Å²) in [5.41, 5.74) is 1.56. The number of rotatable bonds is 5. The van der Waals surface area contributed by atoms with Crippen molar-refractivity contribution in [1.29, 1.82) is 0 Å². The molecule has 0 saturated heterocycles. The van der Waals surface area contributed by atoms with E-state index in [0.29, 0.717) is 22.0 Å². The maximum absolute atomic E-state index is 13.2. The molecule has 8 nitrogen and oxygen atoms in total. The molecule has 0 saturated carbocycles. The Kier molecular flexibility index (Phi) is 4.48. The van der Waals surface area contributed by atoms with Crippen LogP contribution in [-0.4, -0.2) is 35.0 Å². The van der Waals surface area contributed by atoms with E-state index >= 15 is 0 Å². The lowest BCUT2D eigenvalue weighted by molar-refractivity contribution is -0.383. The first kappa shape index (κ1) is 18.6. The van der Waals surface area contributed by atoms with E-state index in [9.17, 15) is 19.7 Å². The lowest BCUT2D eigenvalue weighted by atomic mass is 9.91. The van der Waals surface area contributed by atoms with Gasteiger partial charge < -0.3 is 10.4 Å². The lowest BCUT2D eigenvalue weighted by Gasteiger charge is -2.28. The molecule has 3 aromatic rings. The van der Waals surface area contributed by atoms with Crippen molar-refractivity contribution >= 4 is 39.6 Å². The Balaban J connectivity index is 2.01. The molecule has 4 rings (SSSR count). The van der Waals surface area contributed by atoms with Crippen LogP contribution in [0, 0.1) is 17.0 Å². The van der Waals surface area contributed by atoms with Gasteiger partial charge in [-0.05, 0) is 30.7 Å². The Bertz CT molecular complexity index is 1190. The molecule has 0 aromatic heterocycles. The highest BCUT2D eigenvalue weighted by Gasteiger charge is 2.37. The minimum Gasteiger partial charge on any atom is -0.395 e. The van der Waals surface area contributed by atoms with Crippen LogP contribution in [0.15, 0.2) is 48.5 Å². The number of benzene rings is 3. The molecule has 146 valence electrons. The van der Waals surface area contributed by atoms with Crippen molar-refractivity contribution in [3.05, 3.63) is 75.3 Å². The van der Waals surface area contributed by atoms with Crippen LogP contribution >= 0.6 is 0 Å². The molecule has 2 N–H and O–H groups in total. The van der Waals surface area contributed by atoms with E-state index in [1.807, 2.05) is 13.0 Å². The number of amides is 2. The molecule has 1 aliphatic heterocycles. The zero-order chi connectivity index (χ0) is 20.7. The normalized spacial score (nSPS) is 13.1. The van der Waals surface area contributed by atoms with E-state index in [0.717, 1.165) is 10.5 Å². The Labute approximate surface area is 165 Å². The molecule has 0 aliphatic carbocycles. The van der Waals surface area contributed by atoms with Crippen molar-refractivity contribution in [3.8, 4) is 0 Å². The van der Waals surface area contributed by atoms with Gasteiger partial charge in [0.05, 0.1) is 22.8 Å². The highest BCUT2D eigenvalue weighted by molar-refractivity contribution is 6.37. The van der Waals surface area contributed by atoms with Crippen LogP contribution < -0.4 is 10.2 Å². The molecule has 2 amide bonds. The van der Waals surface area contributed by atoms with Gasteiger partial charge in [-0.25, -0.2) is 4.90 Å². The smallest absolute Gasteiger partial charge is 0.293 e. The van der Waals surface area contributed by atoms with Gasteiger partial charge in [0.1, 0.15) is 5.69 Å². The van der Waals surface area contributed by atoms with Crippen molar-refractivity contribution in [3.63, 3.8) is 0 Å². The van der Waals surface area contributed by atoms with Crippen molar-refractivity contribution in [1.82, 2.24) is 0 Å². The first-order chi connectivity index (χ1) is 13.9. The molecule has 29 heavy (non-hydrogen) atoms. The number of aliphatic hydroxyl groups excluding tert-OH is 1. The lowest BCUT2D eigenvalue weighted by Crippen LogP contribution is -2.40. The zero-order valence-electron chi connectivity index (χ0n) is 15.5. The first-order valence-corrected chi connectivity index (χ1v) is 8.98. The minimum atomic E-state index is -0.610. The summed E-state index contributed by atoms with van der Waals surface area (Å²) in [5.74, 6) is -1.10. The second kappa shape index (κ2) is 6.99. The highest BCUT2D eigenvalue weighted by atomic mass is 16.6. The van der Waals surface area contributed by atoms with E-state index in [4.69, 9.17) is 5.11 Å². The number of aliphatic hydroxyl groups is 1. The molecule has 0 unspecified atom stereocenters. The average molecular weight is 391 g/mol. The zero-order valence-corrected chi connectivity index (χ0v) is 15.5. The Morgan fingerprint density at radius 3 is 2.48 bits per heavy atom. The van der Waals surface area contributed by atoms with Crippen LogP contribution in [-0.2, 0) is 0 Å². The summed E-state index contributed by atoms with van der Waals surface area (Å²) in [5, 5.41) is 24.4. The maximum Gasteiger partial charge on any atom is 0.293 e. The monoisotopic (exact) mass is 391 g/mol. The van der Waals surface area contributed by atoms with E-state index < -0.39 is 16.7 Å². The molecule has 0 atom stereocenters. The second-order valence-electron chi connectivity index (χ2n) is 6.74. The van der Waals surface area contributed by atoms with Crippen LogP contribution in [0.1, 0.15) is 26.3 Å². The summed E-state index contributed by atoms with van der Waals surface area (Å²) in [6, 6.07) is 13.0. The molecule has 1 aliphatic rings. The van der Waals surface area contributed by atoms with Gasteiger partial charge in [-0.15, -0.1) is 0 Å². The number of anilines is 2. The Hall–Kier alpha value is -3.78. The van der Waals surface area contributed by atoms with Gasteiger partial charge in [-0.2, -0.15) is 0 Å². The average Bonchev–Trinajstić information content (AvgIpc) is 2.70. The number of hydrogen-bond acceptors (Lipinski definition) is 6. The number of imide groups is 1. The van der Waals surface area contributed by atoms with E-state index in [2.05, 4.69) is 5.32 Å². The molecular formula is C21H17N3O5. The number of nitro benzene ring substituents is 1. The molecular weight excluding hydrogens is 374 g/mol. The van der Waals surface area contributed by atoms with E-state index in [1.165, 1.54) is 6.07 Å². The van der Waals surface area contributed by atoms with Crippen LogP contribution in [0.2, 0.25) is 0 Å². The molecule has 8 heteroatoms. The summed E-state index contributed by atoms with van der Waals surface area (Å²) < 4.78 is 0. The van der Waals surface area contributed by atoms with E-state index in [1.54, 1.807) is 36.4 Å². The Morgan fingerprint density at radius 1 is 1.07 bits per heavy atom. The van der Waals surface area contributed by atoms with Crippen LogP contribution in [0.25, 0.3) is 10.8 Å². The quantitative estimate of drug-likeness (QED) is 0.392. The van der Waals surface area contributed by atoms with Crippen molar-refractivity contribution < 1.29 is 19.6 Å². The Morgan fingerprint density at radius 2 is 1.79 bits per heavy atom. The number of nitro groups is 1. The van der Waals surface area contributed by atoms with Gasteiger partial charge >= 0.3 is 0 Å². The van der Waals surface area contributed by atoms with Gasteiger partial charge in [-0.3, -0.25) is 19.7 Å². The van der Waals surface area contributed by atoms with Gasteiger partial charge in [0, 0.05) is 28.9 Å². The molecule has 0 bridgehead atoms. The van der Waals surface area contributed by atoms with Gasteiger partial charge in [0.2, 0.25) is 0 Å². The third kappa shape index (κ3) is 2.90. The van der Waals surface area contributed by atoms with Gasteiger partial charge in [0.25, 0.3) is 17.5 Å². The fourth-order valence-corrected chi connectivity index (χ4v) is 3.66. The van der Waals surface area contributed by atoms with Crippen LogP contribution in [0.4, 0.5) is 17.1 Å². The molecule has 1 heterocycles. The van der Waals surface area contributed by atoms with Crippen molar-refractivity contribution in [2.75, 3.05) is 23.4 Å². The summed E-state index contributed by atoms with van der Waals surface area (Å²) in [6.07, 6.45) is 0. The number of carbonyl (C=O) groups excluding carboxylic acids is 2. The molecule has 0 fully saturated rings. The third-order valence-corrected chi connectivity index (χ3v) is 4.88.